The minimum atomic E-state index is -0.283. The molecule has 6 nitrogen and oxygen atoms in total. The first kappa shape index (κ1) is 18.4. The second-order valence-corrected chi connectivity index (χ2v) is 6.59. The van der Waals surface area contributed by atoms with Gasteiger partial charge in [-0.3, -0.25) is 9.69 Å². The minimum absolute atomic E-state index is 0.283. The van der Waals surface area contributed by atoms with Crippen LogP contribution < -0.4 is 5.32 Å². The number of nitrogens with zero attached hydrogens (tertiary/aromatic N) is 4. The summed E-state index contributed by atoms with van der Waals surface area (Å²) in [5, 5.41) is 7.61. The fraction of sp³-hybridized carbons (Fsp3) is 0.316. The van der Waals surface area contributed by atoms with Crippen LogP contribution in [0.3, 0.4) is 0 Å². The second kappa shape index (κ2) is 7.85. The molecule has 3 rings (SSSR count). The predicted octanol–water partition coefficient (Wildman–Crippen LogP) is 3.79. The first-order chi connectivity index (χ1) is 12.5. The van der Waals surface area contributed by atoms with Crippen molar-refractivity contribution in [3.63, 3.8) is 0 Å². The Kier molecular flexibility index (Phi) is 5.54. The van der Waals surface area contributed by atoms with E-state index in [9.17, 15) is 4.79 Å². The standard InChI is InChI=1S/C19H22ClN5O/c1-4-24(5-2)11-14-9-21-18-15(10-22-25(18)12-14)19(26)23-17-7-6-13(3)8-16(17)20/h6-10,12H,4-5,11H2,1-3H3,(H,23,26). The highest BCUT2D eigenvalue weighted by molar-refractivity contribution is 6.34. The smallest absolute Gasteiger partial charge is 0.261 e. The highest BCUT2D eigenvalue weighted by atomic mass is 35.5. The Hall–Kier alpha value is -2.44. The maximum absolute atomic E-state index is 12.6. The zero-order chi connectivity index (χ0) is 18.7. The first-order valence-electron chi connectivity index (χ1n) is 8.64. The molecule has 3 aromatic rings. The van der Waals surface area contributed by atoms with Crippen LogP contribution in [-0.4, -0.2) is 38.5 Å². The second-order valence-electron chi connectivity index (χ2n) is 6.19. The highest BCUT2D eigenvalue weighted by Crippen LogP contribution is 2.23. The number of carbonyl (C=O) groups excluding carboxylic acids is 1. The van der Waals surface area contributed by atoms with Gasteiger partial charge in [-0.15, -0.1) is 0 Å². The van der Waals surface area contributed by atoms with Gasteiger partial charge in [-0.05, 0) is 37.7 Å². The summed E-state index contributed by atoms with van der Waals surface area (Å²) >= 11 is 6.19. The number of hydrogen-bond donors (Lipinski definition) is 1. The van der Waals surface area contributed by atoms with E-state index in [0.717, 1.165) is 30.8 Å². The Balaban J connectivity index is 1.83. The third-order valence-electron chi connectivity index (χ3n) is 4.33. The number of benzene rings is 1. The Morgan fingerprint density at radius 2 is 2.04 bits per heavy atom. The zero-order valence-electron chi connectivity index (χ0n) is 15.2. The number of carbonyl (C=O) groups is 1. The number of halogens is 1. The van der Waals surface area contributed by atoms with Gasteiger partial charge in [-0.2, -0.15) is 5.10 Å². The molecule has 1 amide bonds. The van der Waals surface area contributed by atoms with E-state index in [2.05, 4.69) is 34.1 Å². The van der Waals surface area contributed by atoms with Crippen molar-refractivity contribution in [1.82, 2.24) is 19.5 Å². The lowest BCUT2D eigenvalue weighted by Crippen LogP contribution is -2.22. The lowest BCUT2D eigenvalue weighted by atomic mass is 10.2. The average molecular weight is 372 g/mol. The fourth-order valence-corrected chi connectivity index (χ4v) is 3.05. The van der Waals surface area contributed by atoms with Crippen LogP contribution in [0.2, 0.25) is 5.02 Å². The van der Waals surface area contributed by atoms with E-state index < -0.39 is 0 Å². The van der Waals surface area contributed by atoms with Crippen LogP contribution in [0.5, 0.6) is 0 Å². The molecule has 0 radical (unpaired) electrons. The summed E-state index contributed by atoms with van der Waals surface area (Å²) in [4.78, 5) is 19.3. The van der Waals surface area contributed by atoms with Crippen molar-refractivity contribution < 1.29 is 4.79 Å². The molecular formula is C19H22ClN5O. The summed E-state index contributed by atoms with van der Waals surface area (Å²) in [6.45, 7) is 8.94. The molecule has 0 aliphatic heterocycles. The molecule has 0 fully saturated rings. The number of anilines is 1. The van der Waals surface area contributed by atoms with Gasteiger partial charge in [0.2, 0.25) is 0 Å². The molecule has 0 spiro atoms. The zero-order valence-corrected chi connectivity index (χ0v) is 15.9. The van der Waals surface area contributed by atoms with Crippen LogP contribution in [0.1, 0.15) is 35.3 Å². The van der Waals surface area contributed by atoms with Crippen molar-refractivity contribution in [2.24, 2.45) is 0 Å². The van der Waals surface area contributed by atoms with E-state index in [4.69, 9.17) is 11.6 Å². The maximum atomic E-state index is 12.6. The summed E-state index contributed by atoms with van der Waals surface area (Å²) in [7, 11) is 0. The lowest BCUT2D eigenvalue weighted by Gasteiger charge is -2.17. The van der Waals surface area contributed by atoms with Crippen LogP contribution in [0.15, 0.2) is 36.8 Å². The van der Waals surface area contributed by atoms with Gasteiger partial charge in [0.1, 0.15) is 5.56 Å². The summed E-state index contributed by atoms with van der Waals surface area (Å²) < 4.78 is 1.64. The third kappa shape index (κ3) is 3.86. The fourth-order valence-electron chi connectivity index (χ4n) is 2.77. The Labute approximate surface area is 157 Å². The molecule has 0 bridgehead atoms. The number of hydrogen-bond acceptors (Lipinski definition) is 4. The number of aromatic nitrogens is 3. The molecule has 2 heterocycles. The van der Waals surface area contributed by atoms with E-state index in [1.54, 1.807) is 16.8 Å². The van der Waals surface area contributed by atoms with Crippen LogP contribution in [0.4, 0.5) is 5.69 Å². The minimum Gasteiger partial charge on any atom is -0.320 e. The molecule has 136 valence electrons. The Morgan fingerprint density at radius 1 is 1.27 bits per heavy atom. The topological polar surface area (TPSA) is 62.5 Å². The number of amides is 1. The number of nitrogens with one attached hydrogen (secondary N) is 1. The van der Waals surface area contributed by atoms with E-state index in [0.29, 0.717) is 21.9 Å². The van der Waals surface area contributed by atoms with Gasteiger partial charge < -0.3 is 5.32 Å². The summed E-state index contributed by atoms with van der Waals surface area (Å²) in [5.74, 6) is -0.283. The largest absolute Gasteiger partial charge is 0.320 e. The Bertz CT molecular complexity index is 933. The normalized spacial score (nSPS) is 11.3. The molecule has 0 saturated heterocycles. The van der Waals surface area contributed by atoms with Crippen molar-refractivity contribution in [2.45, 2.75) is 27.3 Å². The third-order valence-corrected chi connectivity index (χ3v) is 4.64. The first-order valence-corrected chi connectivity index (χ1v) is 9.01. The SMILES string of the molecule is CCN(CC)Cc1cnc2c(C(=O)Nc3ccc(C)cc3Cl)cnn2c1. The number of aryl methyl sites for hydroxylation is 1. The average Bonchev–Trinajstić information content (AvgIpc) is 3.05. The number of fused-ring (bicyclic) bond motifs is 1. The van der Waals surface area contributed by atoms with Crippen LogP contribution in [-0.2, 0) is 6.54 Å². The van der Waals surface area contributed by atoms with Gasteiger partial charge in [0.05, 0.1) is 16.9 Å². The van der Waals surface area contributed by atoms with Gasteiger partial charge in [-0.25, -0.2) is 9.50 Å². The van der Waals surface area contributed by atoms with Crippen LogP contribution in [0, 0.1) is 6.92 Å². The number of rotatable bonds is 6. The van der Waals surface area contributed by atoms with Gasteiger partial charge >= 0.3 is 0 Å². The van der Waals surface area contributed by atoms with Crippen LogP contribution in [0.25, 0.3) is 5.65 Å². The van der Waals surface area contributed by atoms with E-state index >= 15 is 0 Å². The summed E-state index contributed by atoms with van der Waals surface area (Å²) in [6.07, 6.45) is 5.24. The maximum Gasteiger partial charge on any atom is 0.261 e. The molecule has 7 heteroatoms. The monoisotopic (exact) mass is 371 g/mol. The predicted molar refractivity (Wildman–Crippen MR) is 104 cm³/mol. The van der Waals surface area contributed by atoms with Gasteiger partial charge in [0.25, 0.3) is 5.91 Å². The van der Waals surface area contributed by atoms with Gasteiger partial charge in [0.15, 0.2) is 5.65 Å². The quantitative estimate of drug-likeness (QED) is 0.716. The molecule has 0 atom stereocenters. The van der Waals surface area contributed by atoms with Crippen molar-refractivity contribution in [2.75, 3.05) is 18.4 Å². The van der Waals surface area contributed by atoms with Crippen molar-refractivity contribution in [1.29, 1.82) is 0 Å². The molecular weight excluding hydrogens is 350 g/mol. The molecule has 1 N–H and O–H groups in total. The van der Waals surface area contributed by atoms with E-state index in [-0.39, 0.29) is 5.91 Å². The lowest BCUT2D eigenvalue weighted by molar-refractivity contribution is 0.102. The molecule has 0 aliphatic carbocycles. The van der Waals surface area contributed by atoms with Crippen LogP contribution >= 0.6 is 11.6 Å². The van der Waals surface area contributed by atoms with Crippen molar-refractivity contribution in [3.05, 3.63) is 58.5 Å². The molecule has 2 aromatic heterocycles. The van der Waals surface area contributed by atoms with Gasteiger partial charge in [0, 0.05) is 24.5 Å². The molecule has 0 saturated carbocycles. The van der Waals surface area contributed by atoms with E-state index in [1.165, 1.54) is 6.20 Å². The summed E-state index contributed by atoms with van der Waals surface area (Å²) in [6, 6.07) is 5.50. The molecule has 1 aromatic carbocycles. The molecule has 0 aliphatic rings. The summed E-state index contributed by atoms with van der Waals surface area (Å²) in [5.41, 5.74) is 3.59. The van der Waals surface area contributed by atoms with Crippen molar-refractivity contribution >= 4 is 28.8 Å². The highest BCUT2D eigenvalue weighted by Gasteiger charge is 2.16. The molecule has 26 heavy (non-hydrogen) atoms. The Morgan fingerprint density at radius 3 is 2.73 bits per heavy atom. The van der Waals surface area contributed by atoms with Crippen molar-refractivity contribution in [3.8, 4) is 0 Å². The molecule has 0 unspecified atom stereocenters. The van der Waals surface area contributed by atoms with Gasteiger partial charge in [-0.1, -0.05) is 31.5 Å². The van der Waals surface area contributed by atoms with E-state index in [1.807, 2.05) is 25.3 Å².